The first-order chi connectivity index (χ1) is 7.36. The number of ketones is 1. The molecule has 4 atom stereocenters. The zero-order chi connectivity index (χ0) is 9.99. The quantitative estimate of drug-likeness (QED) is 0.733. The smallest absolute Gasteiger partial charge is 0.168 e. The minimum Gasteiger partial charge on any atom is -0.367 e. The summed E-state index contributed by atoms with van der Waals surface area (Å²) < 4.78 is 0. The average molecular weight is 201 g/mol. The fourth-order valence-corrected chi connectivity index (χ4v) is 4.35. The molecule has 1 heterocycles. The van der Waals surface area contributed by atoms with E-state index in [1.807, 2.05) is 18.5 Å². The van der Waals surface area contributed by atoms with Crippen molar-refractivity contribution in [3.8, 4) is 0 Å². The van der Waals surface area contributed by atoms with E-state index >= 15 is 0 Å². The van der Waals surface area contributed by atoms with Gasteiger partial charge in [0, 0.05) is 23.9 Å². The van der Waals surface area contributed by atoms with Gasteiger partial charge in [0.15, 0.2) is 5.78 Å². The summed E-state index contributed by atoms with van der Waals surface area (Å²) in [5.74, 6) is 4.13. The predicted molar refractivity (Wildman–Crippen MR) is 56.4 cm³/mol. The number of aromatic amines is 1. The van der Waals surface area contributed by atoms with E-state index in [9.17, 15) is 4.79 Å². The normalized spacial score (nSPS) is 45.5. The Morgan fingerprint density at radius 1 is 1.27 bits per heavy atom. The van der Waals surface area contributed by atoms with Crippen LogP contribution in [0.2, 0.25) is 0 Å². The van der Waals surface area contributed by atoms with Gasteiger partial charge in [-0.05, 0) is 49.0 Å². The van der Waals surface area contributed by atoms with Crippen LogP contribution in [0, 0.1) is 29.6 Å². The zero-order valence-corrected chi connectivity index (χ0v) is 8.65. The van der Waals surface area contributed by atoms with E-state index in [2.05, 4.69) is 4.98 Å². The van der Waals surface area contributed by atoms with Crippen LogP contribution in [-0.2, 0) is 0 Å². The van der Waals surface area contributed by atoms with Crippen LogP contribution in [-0.4, -0.2) is 10.8 Å². The van der Waals surface area contributed by atoms with Gasteiger partial charge in [-0.2, -0.15) is 0 Å². The third-order valence-corrected chi connectivity index (χ3v) is 4.92. The van der Waals surface area contributed by atoms with Gasteiger partial charge in [0.05, 0.1) is 0 Å². The molecule has 1 aromatic heterocycles. The molecule has 3 saturated carbocycles. The van der Waals surface area contributed by atoms with Crippen molar-refractivity contribution in [2.75, 3.05) is 0 Å². The summed E-state index contributed by atoms with van der Waals surface area (Å²) in [6, 6.07) is 1.91. The molecule has 0 radical (unpaired) electrons. The highest BCUT2D eigenvalue weighted by atomic mass is 16.1. The Bertz CT molecular complexity index is 392. The van der Waals surface area contributed by atoms with Gasteiger partial charge in [-0.15, -0.1) is 0 Å². The SMILES string of the molecule is O=C(c1cc[nH]c1)C1C2C3CCC(C3)C12. The minimum atomic E-state index is 0.395. The highest BCUT2D eigenvalue weighted by Crippen LogP contribution is 2.69. The summed E-state index contributed by atoms with van der Waals surface area (Å²) in [5, 5.41) is 0. The Labute approximate surface area is 89.1 Å². The second-order valence-electron chi connectivity index (χ2n) is 5.48. The van der Waals surface area contributed by atoms with Crippen LogP contribution in [0.4, 0.5) is 0 Å². The van der Waals surface area contributed by atoms with E-state index in [4.69, 9.17) is 0 Å². The molecule has 2 nitrogen and oxygen atoms in total. The highest BCUT2D eigenvalue weighted by Gasteiger charge is 2.67. The van der Waals surface area contributed by atoms with E-state index in [0.29, 0.717) is 11.7 Å². The molecule has 0 amide bonds. The Kier molecular flexibility index (Phi) is 1.38. The topological polar surface area (TPSA) is 32.9 Å². The number of H-pyrrole nitrogens is 1. The predicted octanol–water partition coefficient (Wildman–Crippen LogP) is 2.49. The summed E-state index contributed by atoms with van der Waals surface area (Å²) >= 11 is 0. The highest BCUT2D eigenvalue weighted by molar-refractivity contribution is 6.00. The van der Waals surface area contributed by atoms with Gasteiger partial charge >= 0.3 is 0 Å². The maximum Gasteiger partial charge on any atom is 0.168 e. The lowest BCUT2D eigenvalue weighted by Gasteiger charge is -2.06. The van der Waals surface area contributed by atoms with Crippen molar-refractivity contribution < 1.29 is 4.79 Å². The lowest BCUT2D eigenvalue weighted by atomic mass is 9.97. The Balaban J connectivity index is 1.60. The lowest BCUT2D eigenvalue weighted by Crippen LogP contribution is -2.09. The minimum absolute atomic E-state index is 0.395. The average Bonchev–Trinajstić information content (AvgIpc) is 2.70. The van der Waals surface area contributed by atoms with Crippen molar-refractivity contribution in [1.29, 1.82) is 0 Å². The molecule has 3 aliphatic rings. The largest absolute Gasteiger partial charge is 0.367 e. The molecule has 3 fully saturated rings. The van der Waals surface area contributed by atoms with Crippen LogP contribution in [0.15, 0.2) is 18.5 Å². The summed E-state index contributed by atoms with van der Waals surface area (Å²) in [7, 11) is 0. The first-order valence-electron chi connectivity index (χ1n) is 6.03. The van der Waals surface area contributed by atoms with Crippen LogP contribution >= 0.6 is 0 Å². The number of aromatic nitrogens is 1. The van der Waals surface area contributed by atoms with Gasteiger partial charge in [0.2, 0.25) is 0 Å². The summed E-state index contributed by atoms with van der Waals surface area (Å²) in [6.45, 7) is 0. The molecule has 2 bridgehead atoms. The molecule has 3 aliphatic carbocycles. The van der Waals surface area contributed by atoms with E-state index in [-0.39, 0.29) is 0 Å². The molecule has 0 saturated heterocycles. The van der Waals surface area contributed by atoms with Crippen molar-refractivity contribution in [2.24, 2.45) is 29.6 Å². The first-order valence-corrected chi connectivity index (χ1v) is 6.03. The Morgan fingerprint density at radius 2 is 2.00 bits per heavy atom. The Morgan fingerprint density at radius 3 is 2.60 bits per heavy atom. The van der Waals surface area contributed by atoms with E-state index < -0.39 is 0 Å². The third kappa shape index (κ3) is 0.926. The number of hydrogen-bond donors (Lipinski definition) is 1. The van der Waals surface area contributed by atoms with Crippen LogP contribution < -0.4 is 0 Å². The van der Waals surface area contributed by atoms with Crippen molar-refractivity contribution >= 4 is 5.78 Å². The maximum atomic E-state index is 12.2. The molecule has 0 aromatic carbocycles. The van der Waals surface area contributed by atoms with Crippen LogP contribution in [0.5, 0.6) is 0 Å². The Hall–Kier alpha value is -1.05. The van der Waals surface area contributed by atoms with Gasteiger partial charge in [0.25, 0.3) is 0 Å². The summed E-state index contributed by atoms with van der Waals surface area (Å²) in [6.07, 6.45) is 7.90. The van der Waals surface area contributed by atoms with Crippen LogP contribution in [0.1, 0.15) is 29.6 Å². The molecule has 0 aliphatic heterocycles. The first kappa shape index (κ1) is 8.14. The van der Waals surface area contributed by atoms with Crippen molar-refractivity contribution in [1.82, 2.24) is 4.98 Å². The molecular formula is C13H15NO. The number of fused-ring (bicyclic) bond motifs is 5. The molecule has 78 valence electrons. The maximum absolute atomic E-state index is 12.2. The number of carbonyl (C=O) groups excluding carboxylic acids is 1. The van der Waals surface area contributed by atoms with Crippen LogP contribution in [0.3, 0.4) is 0 Å². The number of rotatable bonds is 2. The molecule has 1 aromatic rings. The zero-order valence-electron chi connectivity index (χ0n) is 8.65. The fraction of sp³-hybridized carbons (Fsp3) is 0.615. The molecule has 4 unspecified atom stereocenters. The monoisotopic (exact) mass is 201 g/mol. The summed E-state index contributed by atoms with van der Waals surface area (Å²) in [5.41, 5.74) is 0.897. The third-order valence-electron chi connectivity index (χ3n) is 4.92. The number of Topliss-reactive ketones (excluding diaryl/α,β-unsaturated/α-hetero) is 1. The van der Waals surface area contributed by atoms with Crippen molar-refractivity contribution in [3.63, 3.8) is 0 Å². The van der Waals surface area contributed by atoms with Crippen molar-refractivity contribution in [3.05, 3.63) is 24.0 Å². The number of carbonyl (C=O) groups is 1. The molecule has 1 N–H and O–H groups in total. The van der Waals surface area contributed by atoms with Gasteiger partial charge in [-0.3, -0.25) is 4.79 Å². The second kappa shape index (κ2) is 2.55. The molecule has 4 rings (SSSR count). The molecule has 0 spiro atoms. The lowest BCUT2D eigenvalue weighted by molar-refractivity contribution is 0.0944. The summed E-state index contributed by atoms with van der Waals surface area (Å²) in [4.78, 5) is 15.2. The van der Waals surface area contributed by atoms with E-state index in [1.54, 1.807) is 0 Å². The van der Waals surface area contributed by atoms with Crippen molar-refractivity contribution in [2.45, 2.75) is 19.3 Å². The number of hydrogen-bond acceptors (Lipinski definition) is 1. The van der Waals surface area contributed by atoms with Gasteiger partial charge in [-0.25, -0.2) is 0 Å². The number of nitrogens with one attached hydrogen (secondary N) is 1. The van der Waals surface area contributed by atoms with Gasteiger partial charge in [-0.1, -0.05) is 0 Å². The van der Waals surface area contributed by atoms with Gasteiger partial charge < -0.3 is 4.98 Å². The van der Waals surface area contributed by atoms with Gasteiger partial charge in [0.1, 0.15) is 0 Å². The molecular weight excluding hydrogens is 186 g/mol. The van der Waals surface area contributed by atoms with E-state index in [1.165, 1.54) is 19.3 Å². The van der Waals surface area contributed by atoms with E-state index in [0.717, 1.165) is 29.2 Å². The molecule has 2 heteroatoms. The standard InChI is InChI=1S/C13H15NO/c15-13(9-3-4-14-6-9)12-10-7-1-2-8(5-7)11(10)12/h3-4,6-8,10-12,14H,1-2,5H2. The second-order valence-corrected chi connectivity index (χ2v) is 5.48. The molecule has 15 heavy (non-hydrogen) atoms. The fourth-order valence-electron chi connectivity index (χ4n) is 4.35. The van der Waals surface area contributed by atoms with Crippen LogP contribution in [0.25, 0.3) is 0 Å².